The Hall–Kier alpha value is -1.68. The summed E-state index contributed by atoms with van der Waals surface area (Å²) in [6.07, 6.45) is 4.37. The van der Waals surface area contributed by atoms with Crippen molar-refractivity contribution in [2.24, 2.45) is 0 Å². The lowest BCUT2D eigenvalue weighted by Gasteiger charge is -2.14. The highest BCUT2D eigenvalue weighted by Gasteiger charge is 2.21. The van der Waals surface area contributed by atoms with Crippen molar-refractivity contribution in [1.29, 1.82) is 0 Å². The van der Waals surface area contributed by atoms with E-state index in [1.807, 2.05) is 0 Å². The Kier molecular flexibility index (Phi) is 7.24. The van der Waals surface area contributed by atoms with Crippen LogP contribution in [0.15, 0.2) is 42.5 Å². The number of hydrogen-bond donors (Lipinski definition) is 0. The molecule has 2 aromatic carbocycles. The van der Waals surface area contributed by atoms with Crippen LogP contribution in [-0.4, -0.2) is 32.3 Å². The fourth-order valence-corrected chi connectivity index (χ4v) is 3.86. The van der Waals surface area contributed by atoms with Crippen LogP contribution in [0, 0.1) is 0 Å². The maximum atomic E-state index is 5.25. The Morgan fingerprint density at radius 2 is 1.35 bits per heavy atom. The summed E-state index contributed by atoms with van der Waals surface area (Å²) < 4.78 is 10.5. The molecule has 0 fully saturated rings. The number of benzene rings is 2. The molecule has 1 aliphatic heterocycles. The molecule has 3 heteroatoms. The van der Waals surface area contributed by atoms with Crippen molar-refractivity contribution in [2.45, 2.75) is 45.3 Å². The molecule has 0 aliphatic carbocycles. The van der Waals surface area contributed by atoms with Gasteiger partial charge >= 0.3 is 0 Å². The van der Waals surface area contributed by atoms with E-state index in [9.17, 15) is 0 Å². The average molecular weight is 354 g/mol. The lowest BCUT2D eigenvalue weighted by molar-refractivity contribution is 0.194. The minimum absolute atomic E-state index is 0.828. The van der Waals surface area contributed by atoms with E-state index in [4.69, 9.17) is 9.47 Å². The molecule has 140 valence electrons. The largest absolute Gasteiger partial charge is 0.385 e. The zero-order chi connectivity index (χ0) is 18.2. The monoisotopic (exact) mass is 353 g/mol. The smallest absolute Gasteiger partial charge is 0.0465 e. The Bertz CT molecular complexity index is 645. The molecule has 1 heterocycles. The van der Waals surface area contributed by atoms with E-state index >= 15 is 0 Å². The maximum absolute atomic E-state index is 5.25. The van der Waals surface area contributed by atoms with Crippen molar-refractivity contribution in [3.8, 4) is 0 Å². The minimum atomic E-state index is 0.828. The van der Waals surface area contributed by atoms with Crippen LogP contribution in [-0.2, 0) is 41.9 Å². The molecule has 0 bridgehead atoms. The van der Waals surface area contributed by atoms with Gasteiger partial charge in [0, 0.05) is 47.1 Å². The van der Waals surface area contributed by atoms with Gasteiger partial charge < -0.3 is 9.47 Å². The van der Waals surface area contributed by atoms with Crippen LogP contribution in [0.5, 0.6) is 0 Å². The number of aryl methyl sites for hydroxylation is 2. The third-order valence-electron chi connectivity index (χ3n) is 5.15. The first kappa shape index (κ1) is 19.1. The Morgan fingerprint density at radius 3 is 1.85 bits per heavy atom. The zero-order valence-corrected chi connectivity index (χ0v) is 16.2. The van der Waals surface area contributed by atoms with E-state index in [2.05, 4.69) is 47.4 Å². The SMILES string of the molecule is COCCCc1cc2c(cc1CCCOC)CN(Cc1ccccc1)C2. The molecule has 0 spiro atoms. The second-order valence-electron chi connectivity index (χ2n) is 7.21. The molecular weight excluding hydrogens is 322 g/mol. The minimum Gasteiger partial charge on any atom is -0.385 e. The fraction of sp³-hybridized carbons (Fsp3) is 0.478. The molecule has 1 aliphatic rings. The third kappa shape index (κ3) is 5.16. The summed E-state index contributed by atoms with van der Waals surface area (Å²) in [5.41, 5.74) is 7.39. The van der Waals surface area contributed by atoms with Crippen molar-refractivity contribution >= 4 is 0 Å². The summed E-state index contributed by atoms with van der Waals surface area (Å²) in [5.74, 6) is 0. The average Bonchev–Trinajstić information content (AvgIpc) is 3.04. The van der Waals surface area contributed by atoms with Gasteiger partial charge in [-0.1, -0.05) is 42.5 Å². The van der Waals surface area contributed by atoms with Crippen LogP contribution >= 0.6 is 0 Å². The van der Waals surface area contributed by atoms with E-state index < -0.39 is 0 Å². The maximum Gasteiger partial charge on any atom is 0.0465 e. The molecule has 0 amide bonds. The molecule has 26 heavy (non-hydrogen) atoms. The normalized spacial score (nSPS) is 13.9. The first-order valence-corrected chi connectivity index (χ1v) is 9.68. The standard InChI is InChI=1S/C23H31NO2/c1-25-12-6-10-20-14-22-17-24(16-19-8-4-3-5-9-19)18-23(22)15-21(20)11-7-13-26-2/h3-5,8-9,14-15H,6-7,10-13,16-18H2,1-2H3. The molecule has 0 N–H and O–H groups in total. The van der Waals surface area contributed by atoms with Crippen LogP contribution < -0.4 is 0 Å². The molecule has 2 aromatic rings. The zero-order valence-electron chi connectivity index (χ0n) is 16.2. The van der Waals surface area contributed by atoms with Crippen LogP contribution in [0.2, 0.25) is 0 Å². The van der Waals surface area contributed by atoms with Gasteiger partial charge in [0.15, 0.2) is 0 Å². The summed E-state index contributed by atoms with van der Waals surface area (Å²) in [6, 6.07) is 15.7. The molecule has 0 unspecified atom stereocenters. The number of methoxy groups -OCH3 is 2. The Morgan fingerprint density at radius 1 is 0.808 bits per heavy atom. The van der Waals surface area contributed by atoms with Gasteiger partial charge in [0.25, 0.3) is 0 Å². The highest BCUT2D eigenvalue weighted by molar-refractivity contribution is 5.41. The highest BCUT2D eigenvalue weighted by atomic mass is 16.5. The quantitative estimate of drug-likeness (QED) is 0.592. The van der Waals surface area contributed by atoms with Crippen LogP contribution in [0.1, 0.15) is 40.7 Å². The number of hydrogen-bond acceptors (Lipinski definition) is 3. The van der Waals surface area contributed by atoms with Gasteiger partial charge in [0.2, 0.25) is 0 Å². The molecule has 0 saturated carbocycles. The predicted molar refractivity (Wildman–Crippen MR) is 106 cm³/mol. The van der Waals surface area contributed by atoms with E-state index in [-0.39, 0.29) is 0 Å². The second-order valence-corrected chi connectivity index (χ2v) is 7.21. The van der Waals surface area contributed by atoms with Gasteiger partial charge in [-0.2, -0.15) is 0 Å². The van der Waals surface area contributed by atoms with E-state index in [1.54, 1.807) is 14.2 Å². The molecule has 3 rings (SSSR count). The summed E-state index contributed by atoms with van der Waals surface area (Å²) in [6.45, 7) is 4.79. The van der Waals surface area contributed by atoms with Crippen LogP contribution in [0.4, 0.5) is 0 Å². The molecule has 0 radical (unpaired) electrons. The Balaban J connectivity index is 1.71. The lowest BCUT2D eigenvalue weighted by atomic mass is 9.94. The summed E-state index contributed by atoms with van der Waals surface area (Å²) >= 11 is 0. The van der Waals surface area contributed by atoms with Crippen LogP contribution in [0.25, 0.3) is 0 Å². The summed E-state index contributed by atoms with van der Waals surface area (Å²) in [5, 5.41) is 0. The topological polar surface area (TPSA) is 21.7 Å². The van der Waals surface area contributed by atoms with Gasteiger partial charge in [-0.15, -0.1) is 0 Å². The molecule has 0 saturated heterocycles. The van der Waals surface area contributed by atoms with Crippen LogP contribution in [0.3, 0.4) is 0 Å². The van der Waals surface area contributed by atoms with Gasteiger partial charge in [-0.05, 0) is 53.5 Å². The summed E-state index contributed by atoms with van der Waals surface area (Å²) in [7, 11) is 3.56. The molecule has 0 atom stereocenters. The number of fused-ring (bicyclic) bond motifs is 1. The van der Waals surface area contributed by atoms with E-state index in [0.717, 1.165) is 58.5 Å². The van der Waals surface area contributed by atoms with Gasteiger partial charge in [-0.3, -0.25) is 4.90 Å². The van der Waals surface area contributed by atoms with Gasteiger partial charge in [0.05, 0.1) is 0 Å². The third-order valence-corrected chi connectivity index (χ3v) is 5.15. The number of rotatable bonds is 10. The number of nitrogens with zero attached hydrogens (tertiary/aromatic N) is 1. The first-order valence-electron chi connectivity index (χ1n) is 9.68. The van der Waals surface area contributed by atoms with E-state index in [1.165, 1.54) is 27.8 Å². The van der Waals surface area contributed by atoms with Crippen molar-refractivity contribution in [3.63, 3.8) is 0 Å². The van der Waals surface area contributed by atoms with Gasteiger partial charge in [-0.25, -0.2) is 0 Å². The molecule has 3 nitrogen and oxygen atoms in total. The molecular formula is C23H31NO2. The van der Waals surface area contributed by atoms with Crippen molar-refractivity contribution in [3.05, 3.63) is 70.3 Å². The second kappa shape index (κ2) is 9.86. The van der Waals surface area contributed by atoms with Crippen molar-refractivity contribution < 1.29 is 9.47 Å². The van der Waals surface area contributed by atoms with Crippen molar-refractivity contribution in [1.82, 2.24) is 4.90 Å². The number of ether oxygens (including phenoxy) is 2. The predicted octanol–water partition coefficient (Wildman–Crippen LogP) is 4.36. The van der Waals surface area contributed by atoms with E-state index in [0.29, 0.717) is 0 Å². The van der Waals surface area contributed by atoms with Crippen molar-refractivity contribution in [2.75, 3.05) is 27.4 Å². The molecule has 0 aromatic heterocycles. The highest BCUT2D eigenvalue weighted by Crippen LogP contribution is 2.29. The van der Waals surface area contributed by atoms with Gasteiger partial charge in [0.1, 0.15) is 0 Å². The summed E-state index contributed by atoms with van der Waals surface area (Å²) in [4.78, 5) is 2.54. The first-order chi connectivity index (χ1) is 12.8. The lowest BCUT2D eigenvalue weighted by Crippen LogP contribution is -2.15. The fourth-order valence-electron chi connectivity index (χ4n) is 3.86. The Labute approximate surface area is 157 Å².